The van der Waals surface area contributed by atoms with Crippen LogP contribution in [0.4, 0.5) is 0 Å². The Bertz CT molecular complexity index is 1480. The number of rotatable bonds is 3. The molecule has 0 radical (unpaired) electrons. The van der Waals surface area contributed by atoms with Gasteiger partial charge < -0.3 is 15.9 Å². The van der Waals surface area contributed by atoms with Crippen molar-refractivity contribution in [3.8, 4) is 22.9 Å². The van der Waals surface area contributed by atoms with Gasteiger partial charge in [-0.25, -0.2) is 0 Å². The SMILES string of the molecule is CC(C)c1cc(-c2ccc(C#N)cc2)c(O)c2c1C[C@H]1C[C@H]3CC(=O)C(C(N)=O)C(=O)[C@@]3(O)C(=O)C1C2=O. The van der Waals surface area contributed by atoms with Crippen LogP contribution in [0.1, 0.15) is 59.7 Å². The van der Waals surface area contributed by atoms with Crippen LogP contribution in [0.2, 0.25) is 0 Å². The number of nitrogens with zero attached hydrogens (tertiary/aromatic N) is 1. The van der Waals surface area contributed by atoms with E-state index in [0.29, 0.717) is 22.3 Å². The number of nitrogens with two attached hydrogens (primary N) is 1. The van der Waals surface area contributed by atoms with Crippen molar-refractivity contribution in [2.45, 2.75) is 44.6 Å². The standard InChI is InChI=1S/C29H26N2O7/c1-12(2)17-10-18(14-5-3-13(11-30)4-6-14)24(33)22-19(17)8-15-7-16-9-20(32)23(28(31)37)27(36)29(16,38)26(35)21(15)25(22)34/h3-6,10,12,15-16,21,23,33,38H,7-9H2,1-2H3,(H2,31,37)/t15-,16+,21?,23?,29+/m1/s1. The second kappa shape index (κ2) is 8.71. The monoisotopic (exact) mass is 514 g/mol. The van der Waals surface area contributed by atoms with Crippen molar-refractivity contribution < 1.29 is 34.2 Å². The lowest BCUT2D eigenvalue weighted by Crippen LogP contribution is -2.68. The van der Waals surface area contributed by atoms with Gasteiger partial charge in [-0.05, 0) is 59.6 Å². The summed E-state index contributed by atoms with van der Waals surface area (Å²) in [5.74, 6) is -10.4. The summed E-state index contributed by atoms with van der Waals surface area (Å²) in [5.41, 5.74) is 5.28. The van der Waals surface area contributed by atoms with E-state index in [0.717, 1.165) is 5.56 Å². The minimum atomic E-state index is -2.68. The summed E-state index contributed by atoms with van der Waals surface area (Å²) in [6.45, 7) is 3.89. The number of amides is 1. The molecule has 194 valence electrons. The lowest BCUT2D eigenvalue weighted by molar-refractivity contribution is -0.175. The molecule has 2 aromatic rings. The van der Waals surface area contributed by atoms with Gasteiger partial charge in [0.2, 0.25) is 5.91 Å². The molecule has 0 aromatic heterocycles. The Hall–Kier alpha value is -4.16. The summed E-state index contributed by atoms with van der Waals surface area (Å²) < 4.78 is 0. The second-order valence-corrected chi connectivity index (χ2v) is 10.8. The third-order valence-corrected chi connectivity index (χ3v) is 8.38. The van der Waals surface area contributed by atoms with Crippen molar-refractivity contribution in [1.29, 1.82) is 5.26 Å². The molecule has 0 bridgehead atoms. The molecule has 5 rings (SSSR count). The highest BCUT2D eigenvalue weighted by Gasteiger charge is 2.66. The molecule has 2 unspecified atom stereocenters. The van der Waals surface area contributed by atoms with E-state index in [1.807, 2.05) is 19.9 Å². The number of carbonyl (C=O) groups excluding carboxylic acids is 5. The second-order valence-electron chi connectivity index (χ2n) is 10.8. The van der Waals surface area contributed by atoms with Crippen molar-refractivity contribution >= 4 is 29.0 Å². The van der Waals surface area contributed by atoms with Crippen LogP contribution >= 0.6 is 0 Å². The molecule has 0 heterocycles. The van der Waals surface area contributed by atoms with Crippen LogP contribution in [0.15, 0.2) is 30.3 Å². The number of phenols is 1. The number of aromatic hydroxyl groups is 1. The van der Waals surface area contributed by atoms with Gasteiger partial charge in [0.15, 0.2) is 34.7 Å². The first-order chi connectivity index (χ1) is 17.9. The van der Waals surface area contributed by atoms with Crippen LogP contribution in [0.25, 0.3) is 11.1 Å². The fraction of sp³-hybridized carbons (Fsp3) is 0.379. The summed E-state index contributed by atoms with van der Waals surface area (Å²) >= 11 is 0. The molecule has 0 aliphatic heterocycles. The van der Waals surface area contributed by atoms with Crippen molar-refractivity contribution in [3.05, 3.63) is 52.6 Å². The molecule has 1 amide bonds. The van der Waals surface area contributed by atoms with Crippen LogP contribution in [-0.2, 0) is 25.6 Å². The van der Waals surface area contributed by atoms with Crippen LogP contribution in [0, 0.1) is 35.0 Å². The largest absolute Gasteiger partial charge is 0.507 e. The molecule has 5 atom stereocenters. The molecular formula is C29H26N2O7. The summed E-state index contributed by atoms with van der Waals surface area (Å²) in [5, 5.41) is 31.8. The number of hydrogen-bond donors (Lipinski definition) is 3. The van der Waals surface area contributed by atoms with Crippen molar-refractivity contribution in [2.24, 2.45) is 29.4 Å². The molecule has 9 heteroatoms. The van der Waals surface area contributed by atoms with Crippen molar-refractivity contribution in [1.82, 2.24) is 0 Å². The maximum Gasteiger partial charge on any atom is 0.235 e. The number of carbonyl (C=O) groups is 5. The smallest absolute Gasteiger partial charge is 0.235 e. The zero-order valence-electron chi connectivity index (χ0n) is 20.9. The summed E-state index contributed by atoms with van der Waals surface area (Å²) in [6.07, 6.45) is -0.0805. The van der Waals surface area contributed by atoms with E-state index in [4.69, 9.17) is 11.0 Å². The van der Waals surface area contributed by atoms with E-state index in [1.54, 1.807) is 30.3 Å². The van der Waals surface area contributed by atoms with Gasteiger partial charge in [0.1, 0.15) is 5.75 Å². The van der Waals surface area contributed by atoms with Gasteiger partial charge in [-0.15, -0.1) is 0 Å². The molecule has 9 nitrogen and oxygen atoms in total. The van der Waals surface area contributed by atoms with Crippen LogP contribution in [0.5, 0.6) is 5.75 Å². The van der Waals surface area contributed by atoms with Gasteiger partial charge in [-0.3, -0.25) is 24.0 Å². The van der Waals surface area contributed by atoms with Gasteiger partial charge in [-0.1, -0.05) is 26.0 Å². The highest BCUT2D eigenvalue weighted by Crippen LogP contribution is 2.52. The zero-order chi connectivity index (χ0) is 27.7. The minimum absolute atomic E-state index is 0.0296. The first-order valence-corrected chi connectivity index (χ1v) is 12.5. The van der Waals surface area contributed by atoms with Crippen LogP contribution in [0.3, 0.4) is 0 Å². The summed E-state index contributed by atoms with van der Waals surface area (Å²) in [6, 6.07) is 10.3. The maximum atomic E-state index is 13.9. The Morgan fingerprint density at radius 3 is 2.34 bits per heavy atom. The number of ketones is 4. The van der Waals surface area contributed by atoms with Crippen LogP contribution in [-0.4, -0.2) is 44.9 Å². The maximum absolute atomic E-state index is 13.9. The van der Waals surface area contributed by atoms with Gasteiger partial charge in [0.25, 0.3) is 0 Å². The first-order valence-electron chi connectivity index (χ1n) is 12.5. The average Bonchev–Trinajstić information content (AvgIpc) is 2.86. The third-order valence-electron chi connectivity index (χ3n) is 8.38. The van der Waals surface area contributed by atoms with Crippen molar-refractivity contribution in [3.63, 3.8) is 0 Å². The molecule has 0 saturated heterocycles. The molecular weight excluding hydrogens is 488 g/mol. The Labute approximate surface area is 218 Å². The number of benzene rings is 2. The first kappa shape index (κ1) is 25.5. The normalized spacial score (nSPS) is 28.4. The predicted octanol–water partition coefficient (Wildman–Crippen LogP) is 1.99. The number of hydrogen-bond acceptors (Lipinski definition) is 8. The Morgan fingerprint density at radius 1 is 1.11 bits per heavy atom. The number of phenolic OH excluding ortho intramolecular Hbond substituents is 1. The fourth-order valence-corrected chi connectivity index (χ4v) is 6.52. The number of primary amides is 1. The predicted molar refractivity (Wildman–Crippen MR) is 133 cm³/mol. The lowest BCUT2D eigenvalue weighted by Gasteiger charge is -2.48. The van der Waals surface area contributed by atoms with E-state index in [-0.39, 0.29) is 36.5 Å². The van der Waals surface area contributed by atoms with E-state index < -0.39 is 58.3 Å². The van der Waals surface area contributed by atoms with Crippen LogP contribution < -0.4 is 5.73 Å². The van der Waals surface area contributed by atoms with E-state index in [2.05, 4.69) is 0 Å². The molecule has 2 saturated carbocycles. The number of fused-ring (bicyclic) bond motifs is 3. The van der Waals surface area contributed by atoms with Gasteiger partial charge in [0.05, 0.1) is 23.1 Å². The zero-order valence-corrected chi connectivity index (χ0v) is 20.9. The lowest BCUT2D eigenvalue weighted by atomic mass is 9.53. The molecule has 38 heavy (non-hydrogen) atoms. The Kier molecular flexibility index (Phi) is 5.84. The summed E-state index contributed by atoms with van der Waals surface area (Å²) in [4.78, 5) is 65.1. The number of nitriles is 1. The Morgan fingerprint density at radius 2 is 1.76 bits per heavy atom. The van der Waals surface area contributed by atoms with Gasteiger partial charge in [0, 0.05) is 17.9 Å². The summed E-state index contributed by atoms with van der Waals surface area (Å²) in [7, 11) is 0. The molecule has 3 aliphatic carbocycles. The topological polar surface area (TPSA) is 176 Å². The van der Waals surface area contributed by atoms with E-state index in [1.165, 1.54) is 0 Å². The van der Waals surface area contributed by atoms with Gasteiger partial charge >= 0.3 is 0 Å². The van der Waals surface area contributed by atoms with Crippen molar-refractivity contribution in [2.75, 3.05) is 0 Å². The average molecular weight is 515 g/mol. The fourth-order valence-electron chi connectivity index (χ4n) is 6.52. The molecule has 2 aromatic carbocycles. The number of aliphatic hydroxyl groups is 1. The molecule has 4 N–H and O–H groups in total. The molecule has 3 aliphatic rings. The Balaban J connectivity index is 1.65. The highest BCUT2D eigenvalue weighted by molar-refractivity contribution is 6.31. The van der Waals surface area contributed by atoms with Gasteiger partial charge in [-0.2, -0.15) is 5.26 Å². The quantitative estimate of drug-likeness (QED) is 0.521. The minimum Gasteiger partial charge on any atom is -0.507 e. The van der Waals surface area contributed by atoms with E-state index in [9.17, 15) is 34.2 Å². The third kappa shape index (κ3) is 3.44. The molecule has 0 spiro atoms. The molecule has 2 fully saturated rings. The highest BCUT2D eigenvalue weighted by atomic mass is 16.3. The van der Waals surface area contributed by atoms with E-state index >= 15 is 0 Å². The number of Topliss-reactive ketones (excluding diaryl/α,β-unsaturated/α-hetero) is 4.